The number of hydrogen-bond acceptors (Lipinski definition) is 2. The summed E-state index contributed by atoms with van der Waals surface area (Å²) in [5, 5.41) is 11.9. The van der Waals surface area contributed by atoms with Crippen molar-refractivity contribution in [1.82, 2.24) is 0 Å². The Morgan fingerprint density at radius 2 is 0.867 bits per heavy atom. The lowest BCUT2D eigenvalue weighted by Gasteiger charge is -2.27. The zero-order valence-electron chi connectivity index (χ0n) is 32.7. The summed E-state index contributed by atoms with van der Waals surface area (Å²) in [6.45, 7) is 0. The van der Waals surface area contributed by atoms with Crippen molar-refractivity contribution in [3.05, 3.63) is 224 Å². The van der Waals surface area contributed by atoms with Crippen molar-refractivity contribution < 1.29 is 4.42 Å². The number of furan rings is 1. The van der Waals surface area contributed by atoms with Crippen LogP contribution < -0.4 is 4.90 Å². The second-order valence-corrected chi connectivity index (χ2v) is 15.6. The van der Waals surface area contributed by atoms with Gasteiger partial charge in [0.1, 0.15) is 11.2 Å². The summed E-state index contributed by atoms with van der Waals surface area (Å²) in [4.78, 5) is 2.40. The average Bonchev–Trinajstić information content (AvgIpc) is 3.72. The van der Waals surface area contributed by atoms with Gasteiger partial charge in [-0.3, -0.25) is 0 Å². The van der Waals surface area contributed by atoms with Gasteiger partial charge in [-0.25, -0.2) is 0 Å². The van der Waals surface area contributed by atoms with Crippen LogP contribution in [-0.4, -0.2) is 0 Å². The zero-order chi connectivity index (χ0) is 39.6. The first-order chi connectivity index (χ1) is 29.8. The van der Waals surface area contributed by atoms with Gasteiger partial charge in [-0.05, 0) is 120 Å². The highest BCUT2D eigenvalue weighted by molar-refractivity contribution is 6.23. The van der Waals surface area contributed by atoms with E-state index in [-0.39, 0.29) is 0 Å². The number of nitrogens with zero attached hydrogens (tertiary/aromatic N) is 1. The third kappa shape index (κ3) is 5.50. The summed E-state index contributed by atoms with van der Waals surface area (Å²) in [5.74, 6) is 0. The van der Waals surface area contributed by atoms with Crippen LogP contribution in [0.3, 0.4) is 0 Å². The largest absolute Gasteiger partial charge is 0.455 e. The molecular weight excluding hydrogens is 727 g/mol. The fourth-order valence-corrected chi connectivity index (χ4v) is 9.47. The van der Waals surface area contributed by atoms with E-state index in [1.807, 2.05) is 0 Å². The Morgan fingerprint density at radius 1 is 0.300 bits per heavy atom. The van der Waals surface area contributed by atoms with Crippen molar-refractivity contribution in [2.45, 2.75) is 0 Å². The number of benzene rings is 11. The van der Waals surface area contributed by atoms with Gasteiger partial charge in [0.05, 0.1) is 11.1 Å². The standard InChI is InChI=1S/C58H37NO/c1-3-17-40(18-4-1)55-50-26-12-11-25-48(50)49-33-31-44(37-52(49)56(55)41-19-5-2-6-20-41)43-22-13-23-45(36-43)59(46-32-29-38-15-7-8-21-42(38)35-46)53-27-14-28-54-57(53)51-34-30-39-16-9-10-24-47(39)58(51)60-54/h1-37H. The van der Waals surface area contributed by atoms with E-state index < -0.39 is 0 Å². The Bertz CT molecular complexity index is 3600. The van der Waals surface area contributed by atoms with Crippen molar-refractivity contribution in [2.75, 3.05) is 4.90 Å². The summed E-state index contributed by atoms with van der Waals surface area (Å²) < 4.78 is 6.73. The van der Waals surface area contributed by atoms with Crippen LogP contribution in [0.1, 0.15) is 0 Å². The van der Waals surface area contributed by atoms with E-state index in [0.29, 0.717) is 0 Å². The summed E-state index contributed by atoms with van der Waals surface area (Å²) in [6.07, 6.45) is 0. The molecule has 0 unspecified atom stereocenters. The molecule has 1 aromatic heterocycles. The van der Waals surface area contributed by atoms with E-state index in [1.165, 1.54) is 60.0 Å². The summed E-state index contributed by atoms with van der Waals surface area (Å²) >= 11 is 0. The van der Waals surface area contributed by atoms with Crippen molar-refractivity contribution in [1.29, 1.82) is 0 Å². The normalized spacial score (nSPS) is 11.7. The molecule has 280 valence electrons. The second kappa shape index (κ2) is 13.9. The fraction of sp³-hybridized carbons (Fsp3) is 0. The monoisotopic (exact) mass is 763 g/mol. The molecule has 0 saturated heterocycles. The van der Waals surface area contributed by atoms with E-state index in [0.717, 1.165) is 55.5 Å². The zero-order valence-corrected chi connectivity index (χ0v) is 32.7. The quantitative estimate of drug-likeness (QED) is 0.157. The van der Waals surface area contributed by atoms with Crippen LogP contribution >= 0.6 is 0 Å². The van der Waals surface area contributed by atoms with Crippen molar-refractivity contribution >= 4 is 82.1 Å². The van der Waals surface area contributed by atoms with Gasteiger partial charge in [-0.2, -0.15) is 0 Å². The van der Waals surface area contributed by atoms with Crippen molar-refractivity contribution in [2.24, 2.45) is 0 Å². The van der Waals surface area contributed by atoms with Gasteiger partial charge in [-0.1, -0.05) is 176 Å². The van der Waals surface area contributed by atoms with Gasteiger partial charge in [0.2, 0.25) is 0 Å². The van der Waals surface area contributed by atoms with E-state index in [4.69, 9.17) is 4.42 Å². The van der Waals surface area contributed by atoms with E-state index in [9.17, 15) is 0 Å². The van der Waals surface area contributed by atoms with Crippen LogP contribution in [0.4, 0.5) is 17.1 Å². The molecule has 0 bridgehead atoms. The van der Waals surface area contributed by atoms with Crippen LogP contribution in [0.2, 0.25) is 0 Å². The molecule has 0 aliphatic heterocycles. The molecule has 0 amide bonds. The summed E-state index contributed by atoms with van der Waals surface area (Å²) in [5.41, 5.74) is 12.2. The Morgan fingerprint density at radius 3 is 1.67 bits per heavy atom. The molecular formula is C58H37NO. The first-order valence-corrected chi connectivity index (χ1v) is 20.6. The molecule has 0 radical (unpaired) electrons. The minimum absolute atomic E-state index is 0.866. The number of anilines is 3. The summed E-state index contributed by atoms with van der Waals surface area (Å²) in [6, 6.07) is 81.3. The van der Waals surface area contributed by atoms with Crippen LogP contribution in [0.25, 0.3) is 98.4 Å². The molecule has 0 N–H and O–H groups in total. The molecule has 0 aliphatic rings. The molecule has 0 atom stereocenters. The molecule has 2 nitrogen and oxygen atoms in total. The minimum atomic E-state index is 0.866. The minimum Gasteiger partial charge on any atom is -0.455 e. The lowest BCUT2D eigenvalue weighted by molar-refractivity contribution is 0.672. The predicted molar refractivity (Wildman–Crippen MR) is 255 cm³/mol. The highest BCUT2D eigenvalue weighted by Crippen LogP contribution is 2.48. The lowest BCUT2D eigenvalue weighted by atomic mass is 9.84. The third-order valence-electron chi connectivity index (χ3n) is 12.2. The Labute approximate surface area is 347 Å². The second-order valence-electron chi connectivity index (χ2n) is 15.6. The average molecular weight is 764 g/mol. The number of fused-ring (bicyclic) bond motifs is 9. The molecule has 0 fully saturated rings. The Hall–Kier alpha value is -7.94. The molecule has 0 saturated carbocycles. The van der Waals surface area contributed by atoms with Crippen LogP contribution in [0, 0.1) is 0 Å². The molecule has 2 heteroatoms. The molecule has 0 aliphatic carbocycles. The topological polar surface area (TPSA) is 16.4 Å². The van der Waals surface area contributed by atoms with Gasteiger partial charge >= 0.3 is 0 Å². The fourth-order valence-electron chi connectivity index (χ4n) is 9.47. The maximum atomic E-state index is 6.73. The molecule has 12 aromatic rings. The Balaban J connectivity index is 1.10. The lowest BCUT2D eigenvalue weighted by Crippen LogP contribution is -2.10. The number of hydrogen-bond donors (Lipinski definition) is 0. The van der Waals surface area contributed by atoms with Crippen LogP contribution in [-0.2, 0) is 0 Å². The Kier molecular flexibility index (Phi) is 7.89. The smallest absolute Gasteiger partial charge is 0.143 e. The highest BCUT2D eigenvalue weighted by atomic mass is 16.3. The first-order valence-electron chi connectivity index (χ1n) is 20.6. The molecule has 11 aromatic carbocycles. The highest BCUT2D eigenvalue weighted by Gasteiger charge is 2.22. The van der Waals surface area contributed by atoms with Crippen LogP contribution in [0.5, 0.6) is 0 Å². The first kappa shape index (κ1) is 34.1. The summed E-state index contributed by atoms with van der Waals surface area (Å²) in [7, 11) is 0. The van der Waals surface area contributed by atoms with E-state index in [1.54, 1.807) is 0 Å². The van der Waals surface area contributed by atoms with Crippen molar-refractivity contribution in [3.8, 4) is 33.4 Å². The van der Waals surface area contributed by atoms with E-state index >= 15 is 0 Å². The van der Waals surface area contributed by atoms with E-state index in [2.05, 4.69) is 229 Å². The molecule has 1 heterocycles. The molecule has 0 spiro atoms. The number of rotatable bonds is 6. The maximum Gasteiger partial charge on any atom is 0.143 e. The molecule has 12 rings (SSSR count). The van der Waals surface area contributed by atoms with Gasteiger partial charge < -0.3 is 9.32 Å². The van der Waals surface area contributed by atoms with Gasteiger partial charge in [0.15, 0.2) is 0 Å². The van der Waals surface area contributed by atoms with Crippen molar-refractivity contribution in [3.63, 3.8) is 0 Å². The SMILES string of the molecule is c1ccc(-c2c(-c3ccccc3)c3cc(-c4cccc(N(c5ccc6ccccc6c5)c5cccc6oc7c8ccccc8ccc7c56)c4)ccc3c3ccccc23)cc1. The van der Waals surface area contributed by atoms with Gasteiger partial charge in [0.25, 0.3) is 0 Å². The maximum absolute atomic E-state index is 6.73. The molecule has 60 heavy (non-hydrogen) atoms. The third-order valence-corrected chi connectivity index (χ3v) is 12.2. The predicted octanol–water partition coefficient (Wildman–Crippen LogP) is 16.7. The van der Waals surface area contributed by atoms with Crippen LogP contribution in [0.15, 0.2) is 229 Å². The van der Waals surface area contributed by atoms with Gasteiger partial charge in [-0.15, -0.1) is 0 Å². The van der Waals surface area contributed by atoms with Gasteiger partial charge in [0, 0.05) is 22.1 Å².